The van der Waals surface area contributed by atoms with E-state index in [1.165, 1.54) is 6.92 Å². The first-order chi connectivity index (χ1) is 13.8. The van der Waals surface area contributed by atoms with E-state index in [0.717, 1.165) is 12.8 Å². The summed E-state index contributed by atoms with van der Waals surface area (Å²) in [6, 6.07) is 1.03. The summed E-state index contributed by atoms with van der Waals surface area (Å²) in [7, 11) is 0. The van der Waals surface area contributed by atoms with Crippen LogP contribution < -0.4 is 9.47 Å². The average molecular weight is 448 g/mol. The Hall–Kier alpha value is -1.74. The number of ether oxygens (including phenoxy) is 2. The Labute approximate surface area is 169 Å². The van der Waals surface area contributed by atoms with E-state index >= 15 is 0 Å². The molecule has 30 heavy (non-hydrogen) atoms. The van der Waals surface area contributed by atoms with E-state index in [0.29, 0.717) is 25.0 Å². The Balaban J connectivity index is 2.41. The first-order valence-corrected chi connectivity index (χ1v) is 9.82. The van der Waals surface area contributed by atoms with Crippen LogP contribution in [0.1, 0.15) is 63.5 Å². The van der Waals surface area contributed by atoms with Gasteiger partial charge in [-0.15, -0.1) is 0 Å². The summed E-state index contributed by atoms with van der Waals surface area (Å²) in [6.07, 6.45) is -12.3. The van der Waals surface area contributed by atoms with E-state index < -0.39 is 47.0 Å². The van der Waals surface area contributed by atoms with Crippen LogP contribution in [0.4, 0.5) is 35.1 Å². The summed E-state index contributed by atoms with van der Waals surface area (Å²) in [5.41, 5.74) is -4.47. The Morgan fingerprint density at radius 2 is 1.30 bits per heavy atom. The Morgan fingerprint density at radius 1 is 0.800 bits per heavy atom. The molecule has 1 aliphatic rings. The third-order valence-corrected chi connectivity index (χ3v) is 5.26. The molecule has 1 aromatic carbocycles. The minimum atomic E-state index is -5.58. The van der Waals surface area contributed by atoms with Crippen molar-refractivity contribution in [3.05, 3.63) is 23.3 Å². The van der Waals surface area contributed by atoms with Gasteiger partial charge in [0, 0.05) is 0 Å². The van der Waals surface area contributed by atoms with Crippen molar-refractivity contribution in [1.82, 2.24) is 0 Å². The minimum Gasteiger partial charge on any atom is -0.493 e. The first-order valence-electron chi connectivity index (χ1n) is 9.82. The topological polar surface area (TPSA) is 18.5 Å². The number of rotatable bonds is 7. The molecule has 1 aliphatic carbocycles. The van der Waals surface area contributed by atoms with Crippen molar-refractivity contribution in [2.45, 2.75) is 70.8 Å². The lowest BCUT2D eigenvalue weighted by Gasteiger charge is -2.34. The monoisotopic (exact) mass is 448 g/mol. The molecule has 0 radical (unpaired) electrons. The molecule has 0 unspecified atom stereocenters. The molecular weight excluding hydrogens is 424 g/mol. The largest absolute Gasteiger partial charge is 0.493 e. The van der Waals surface area contributed by atoms with E-state index in [-0.39, 0.29) is 25.4 Å². The molecule has 10 heteroatoms. The summed E-state index contributed by atoms with van der Waals surface area (Å²) in [6.45, 7) is 2.92. The van der Waals surface area contributed by atoms with Crippen LogP contribution in [0.25, 0.3) is 0 Å². The van der Waals surface area contributed by atoms with Crippen LogP contribution in [0.2, 0.25) is 0 Å². The van der Waals surface area contributed by atoms with Crippen molar-refractivity contribution in [2.75, 3.05) is 6.61 Å². The molecule has 0 saturated heterocycles. The van der Waals surface area contributed by atoms with Crippen molar-refractivity contribution in [1.29, 1.82) is 0 Å². The fraction of sp³-hybridized carbons (Fsp3) is 0.700. The molecule has 2 nitrogen and oxygen atoms in total. The highest BCUT2D eigenvalue weighted by Gasteiger charge is 2.51. The second-order valence-electron chi connectivity index (χ2n) is 7.41. The molecule has 0 spiro atoms. The van der Waals surface area contributed by atoms with Gasteiger partial charge in [-0.1, -0.05) is 19.8 Å². The van der Waals surface area contributed by atoms with Gasteiger partial charge in [-0.05, 0) is 50.7 Å². The highest BCUT2D eigenvalue weighted by molar-refractivity contribution is 5.52. The van der Waals surface area contributed by atoms with Gasteiger partial charge in [0.25, 0.3) is 0 Å². The number of hydrogen-bond acceptors (Lipinski definition) is 2. The zero-order valence-electron chi connectivity index (χ0n) is 16.6. The lowest BCUT2D eigenvalue weighted by atomic mass is 9.79. The molecule has 0 heterocycles. The van der Waals surface area contributed by atoms with Gasteiger partial charge in [-0.2, -0.15) is 35.1 Å². The van der Waals surface area contributed by atoms with Gasteiger partial charge in [0.2, 0.25) is 0 Å². The molecule has 172 valence electrons. The summed E-state index contributed by atoms with van der Waals surface area (Å²) in [5, 5.41) is 0. The molecule has 0 bridgehead atoms. The molecule has 1 aromatic rings. The van der Waals surface area contributed by atoms with Crippen molar-refractivity contribution in [3.8, 4) is 11.5 Å². The van der Waals surface area contributed by atoms with E-state index in [2.05, 4.69) is 9.47 Å². The molecule has 0 N–H and O–H groups in total. The molecule has 1 fully saturated rings. The van der Waals surface area contributed by atoms with E-state index in [1.54, 1.807) is 0 Å². The third kappa shape index (κ3) is 5.69. The Bertz CT molecular complexity index is 704. The maximum absolute atomic E-state index is 14.7. The van der Waals surface area contributed by atoms with Crippen LogP contribution in [-0.2, 0) is 12.4 Å². The predicted molar refractivity (Wildman–Crippen MR) is 93.5 cm³/mol. The number of halogens is 8. The van der Waals surface area contributed by atoms with Gasteiger partial charge < -0.3 is 9.47 Å². The maximum atomic E-state index is 14.7. The second kappa shape index (κ2) is 9.18. The van der Waals surface area contributed by atoms with E-state index in [4.69, 9.17) is 0 Å². The SMILES string of the molecule is CCCC1CCC(C(F)(F)Oc2ccc(OCC)c(C(F)(F)F)c2C(F)(F)F)CC1. The molecule has 0 amide bonds. The number of hydrogen-bond donors (Lipinski definition) is 0. The van der Waals surface area contributed by atoms with Crippen molar-refractivity contribution >= 4 is 0 Å². The van der Waals surface area contributed by atoms with E-state index in [9.17, 15) is 35.1 Å². The fourth-order valence-corrected chi connectivity index (χ4v) is 3.91. The van der Waals surface area contributed by atoms with Crippen LogP contribution in [0, 0.1) is 11.8 Å². The smallest absolute Gasteiger partial charge is 0.420 e. The van der Waals surface area contributed by atoms with Crippen LogP contribution >= 0.6 is 0 Å². The van der Waals surface area contributed by atoms with Gasteiger partial charge in [-0.3, -0.25) is 0 Å². The maximum Gasteiger partial charge on any atom is 0.420 e. The molecular formula is C20H24F8O2. The van der Waals surface area contributed by atoms with Crippen LogP contribution in [0.15, 0.2) is 12.1 Å². The van der Waals surface area contributed by atoms with Crippen LogP contribution in [0.5, 0.6) is 11.5 Å². The van der Waals surface area contributed by atoms with Crippen LogP contribution in [0.3, 0.4) is 0 Å². The van der Waals surface area contributed by atoms with Crippen molar-refractivity contribution in [3.63, 3.8) is 0 Å². The van der Waals surface area contributed by atoms with E-state index in [1.807, 2.05) is 6.92 Å². The highest BCUT2D eigenvalue weighted by Crippen LogP contribution is 2.51. The molecule has 1 saturated carbocycles. The lowest BCUT2D eigenvalue weighted by Crippen LogP contribution is -2.38. The number of alkyl halides is 8. The molecule has 0 aromatic heterocycles. The average Bonchev–Trinajstić information content (AvgIpc) is 2.61. The lowest BCUT2D eigenvalue weighted by molar-refractivity contribution is -0.227. The zero-order valence-corrected chi connectivity index (χ0v) is 16.6. The van der Waals surface area contributed by atoms with Crippen LogP contribution in [-0.4, -0.2) is 12.7 Å². The molecule has 0 aliphatic heterocycles. The summed E-state index contributed by atoms with van der Waals surface area (Å²) in [5.74, 6) is -3.75. The van der Waals surface area contributed by atoms with Gasteiger partial charge in [0.15, 0.2) is 0 Å². The summed E-state index contributed by atoms with van der Waals surface area (Å²) >= 11 is 0. The first kappa shape index (κ1) is 24.5. The Kier molecular flexibility index (Phi) is 7.50. The Morgan fingerprint density at radius 3 is 1.77 bits per heavy atom. The number of benzene rings is 1. The van der Waals surface area contributed by atoms with Gasteiger partial charge in [0.05, 0.1) is 12.5 Å². The minimum absolute atomic E-state index is 0.0299. The van der Waals surface area contributed by atoms with Gasteiger partial charge >= 0.3 is 18.5 Å². The second-order valence-corrected chi connectivity index (χ2v) is 7.41. The summed E-state index contributed by atoms with van der Waals surface area (Å²) < 4.78 is 119. The van der Waals surface area contributed by atoms with Gasteiger partial charge in [0.1, 0.15) is 22.6 Å². The summed E-state index contributed by atoms with van der Waals surface area (Å²) in [4.78, 5) is 0. The van der Waals surface area contributed by atoms with Crippen molar-refractivity contribution in [2.24, 2.45) is 11.8 Å². The molecule has 2 rings (SSSR count). The normalized spacial score (nSPS) is 20.9. The fourth-order valence-electron chi connectivity index (χ4n) is 3.91. The third-order valence-electron chi connectivity index (χ3n) is 5.26. The zero-order chi connectivity index (χ0) is 22.7. The van der Waals surface area contributed by atoms with Crippen molar-refractivity contribution < 1.29 is 44.6 Å². The molecule has 0 atom stereocenters. The predicted octanol–water partition coefficient (Wildman–Crippen LogP) is 7.70. The quantitative estimate of drug-likeness (QED) is 0.398. The van der Waals surface area contributed by atoms with Gasteiger partial charge in [-0.25, -0.2) is 0 Å². The highest BCUT2D eigenvalue weighted by atomic mass is 19.4. The standard InChI is InChI=1S/C20H24F8O2/c1-3-5-12-6-8-13(9-7-12)20(27,28)30-15-11-10-14(29-4-2)16(18(21,22)23)17(15)19(24,25)26/h10-13H,3-9H2,1-2H3.